The summed E-state index contributed by atoms with van der Waals surface area (Å²) in [5.74, 6) is 2.91. The molecule has 0 aliphatic heterocycles. The minimum Gasteiger partial charge on any atom is -0.381 e. The van der Waals surface area contributed by atoms with Crippen molar-refractivity contribution in [3.8, 4) is 0 Å². The van der Waals surface area contributed by atoms with Crippen molar-refractivity contribution in [2.75, 3.05) is 7.11 Å². The van der Waals surface area contributed by atoms with Crippen LogP contribution in [0.5, 0.6) is 0 Å². The molecular weight excluding hydrogens is 184 g/mol. The Morgan fingerprint density at radius 1 is 1.00 bits per heavy atom. The van der Waals surface area contributed by atoms with Gasteiger partial charge in [-0.2, -0.15) is 0 Å². The van der Waals surface area contributed by atoms with Crippen molar-refractivity contribution in [1.82, 2.24) is 0 Å². The van der Waals surface area contributed by atoms with Crippen LogP contribution in [0.4, 0.5) is 0 Å². The lowest BCUT2D eigenvalue weighted by Crippen LogP contribution is -2.40. The van der Waals surface area contributed by atoms with E-state index in [9.17, 15) is 0 Å². The average molecular weight is 210 g/mol. The van der Waals surface area contributed by atoms with Crippen LogP contribution in [-0.2, 0) is 4.74 Å². The molecule has 2 aliphatic rings. The Labute approximate surface area is 94.6 Å². The maximum atomic E-state index is 5.69. The summed E-state index contributed by atoms with van der Waals surface area (Å²) in [4.78, 5) is 0. The van der Waals surface area contributed by atoms with Crippen LogP contribution in [0, 0.1) is 17.8 Å². The number of ether oxygens (including phenoxy) is 1. The fraction of sp³-hybridized carbons (Fsp3) is 1.00. The first-order valence-electron chi connectivity index (χ1n) is 6.89. The molecule has 0 bridgehead atoms. The topological polar surface area (TPSA) is 9.23 Å². The Bertz CT molecular complexity index is 190. The van der Waals surface area contributed by atoms with Gasteiger partial charge in [0.05, 0.1) is 6.10 Å². The number of hydrogen-bond acceptors (Lipinski definition) is 1. The van der Waals surface area contributed by atoms with Gasteiger partial charge in [0.25, 0.3) is 0 Å². The molecule has 1 nitrogen and oxygen atoms in total. The van der Waals surface area contributed by atoms with Crippen LogP contribution in [0.2, 0.25) is 0 Å². The SMILES string of the molecule is CCCC1CCC(OC)C2CCCCC12. The molecule has 2 aliphatic carbocycles. The van der Waals surface area contributed by atoms with E-state index in [-0.39, 0.29) is 0 Å². The molecule has 0 aromatic carbocycles. The zero-order valence-corrected chi connectivity index (χ0v) is 10.4. The van der Waals surface area contributed by atoms with Gasteiger partial charge in [0.2, 0.25) is 0 Å². The first-order chi connectivity index (χ1) is 7.36. The Balaban J connectivity index is 2.01. The van der Waals surface area contributed by atoms with Crippen molar-refractivity contribution >= 4 is 0 Å². The molecule has 88 valence electrons. The van der Waals surface area contributed by atoms with Crippen LogP contribution < -0.4 is 0 Å². The third kappa shape index (κ3) is 2.38. The van der Waals surface area contributed by atoms with Crippen LogP contribution in [0.25, 0.3) is 0 Å². The number of methoxy groups -OCH3 is 1. The van der Waals surface area contributed by atoms with E-state index >= 15 is 0 Å². The van der Waals surface area contributed by atoms with E-state index in [1.165, 1.54) is 51.4 Å². The van der Waals surface area contributed by atoms with Gasteiger partial charge in [-0.05, 0) is 43.4 Å². The Hall–Kier alpha value is -0.0400. The van der Waals surface area contributed by atoms with Gasteiger partial charge in [0.15, 0.2) is 0 Å². The van der Waals surface area contributed by atoms with Gasteiger partial charge >= 0.3 is 0 Å². The molecule has 0 radical (unpaired) electrons. The zero-order valence-electron chi connectivity index (χ0n) is 10.4. The standard InChI is InChI=1S/C14H26O/c1-3-6-11-9-10-14(15-2)13-8-5-4-7-12(11)13/h11-14H,3-10H2,1-2H3. The molecule has 0 heterocycles. The summed E-state index contributed by atoms with van der Waals surface area (Å²) in [6.07, 6.45) is 12.0. The average Bonchev–Trinajstić information content (AvgIpc) is 2.30. The van der Waals surface area contributed by atoms with Crippen molar-refractivity contribution in [1.29, 1.82) is 0 Å². The summed E-state index contributed by atoms with van der Waals surface area (Å²) >= 11 is 0. The summed E-state index contributed by atoms with van der Waals surface area (Å²) in [6.45, 7) is 2.33. The second-order valence-electron chi connectivity index (χ2n) is 5.51. The molecule has 2 saturated carbocycles. The Kier molecular flexibility index (Phi) is 4.07. The Morgan fingerprint density at radius 3 is 2.40 bits per heavy atom. The lowest BCUT2D eigenvalue weighted by Gasteiger charge is -2.45. The molecule has 1 heteroatoms. The highest BCUT2D eigenvalue weighted by atomic mass is 16.5. The fourth-order valence-electron chi connectivity index (χ4n) is 4.06. The Morgan fingerprint density at radius 2 is 1.73 bits per heavy atom. The molecule has 4 unspecified atom stereocenters. The van der Waals surface area contributed by atoms with E-state index in [1.54, 1.807) is 0 Å². The monoisotopic (exact) mass is 210 g/mol. The van der Waals surface area contributed by atoms with Crippen molar-refractivity contribution in [3.63, 3.8) is 0 Å². The molecule has 2 rings (SSSR count). The number of hydrogen-bond donors (Lipinski definition) is 0. The van der Waals surface area contributed by atoms with Gasteiger partial charge in [-0.25, -0.2) is 0 Å². The van der Waals surface area contributed by atoms with Gasteiger partial charge in [0.1, 0.15) is 0 Å². The van der Waals surface area contributed by atoms with Gasteiger partial charge < -0.3 is 4.74 Å². The lowest BCUT2D eigenvalue weighted by molar-refractivity contribution is -0.0472. The summed E-state index contributed by atoms with van der Waals surface area (Å²) in [7, 11) is 1.91. The van der Waals surface area contributed by atoms with Crippen molar-refractivity contribution in [3.05, 3.63) is 0 Å². The predicted molar refractivity (Wildman–Crippen MR) is 63.9 cm³/mol. The molecule has 0 saturated heterocycles. The molecule has 15 heavy (non-hydrogen) atoms. The van der Waals surface area contributed by atoms with Gasteiger partial charge in [-0.3, -0.25) is 0 Å². The van der Waals surface area contributed by atoms with E-state index in [4.69, 9.17) is 4.74 Å². The second kappa shape index (κ2) is 5.34. The van der Waals surface area contributed by atoms with Crippen LogP contribution in [0.3, 0.4) is 0 Å². The maximum absolute atomic E-state index is 5.69. The van der Waals surface area contributed by atoms with E-state index < -0.39 is 0 Å². The van der Waals surface area contributed by atoms with Crippen LogP contribution >= 0.6 is 0 Å². The largest absolute Gasteiger partial charge is 0.381 e. The maximum Gasteiger partial charge on any atom is 0.0602 e. The molecule has 4 atom stereocenters. The van der Waals surface area contributed by atoms with Gasteiger partial charge in [-0.1, -0.05) is 32.6 Å². The molecule has 0 amide bonds. The predicted octanol–water partition coefficient (Wildman–Crippen LogP) is 4.02. The number of rotatable bonds is 3. The lowest BCUT2D eigenvalue weighted by atomic mass is 9.63. The molecule has 0 aromatic rings. The van der Waals surface area contributed by atoms with E-state index in [0.717, 1.165) is 17.8 Å². The molecule has 0 spiro atoms. The van der Waals surface area contributed by atoms with Crippen LogP contribution in [-0.4, -0.2) is 13.2 Å². The quantitative estimate of drug-likeness (QED) is 0.683. The molecule has 0 N–H and O–H groups in total. The summed E-state index contributed by atoms with van der Waals surface area (Å²) in [5, 5.41) is 0. The van der Waals surface area contributed by atoms with Crippen LogP contribution in [0.1, 0.15) is 58.3 Å². The van der Waals surface area contributed by atoms with E-state index in [1.807, 2.05) is 7.11 Å². The highest BCUT2D eigenvalue weighted by Crippen LogP contribution is 2.46. The fourth-order valence-corrected chi connectivity index (χ4v) is 4.06. The molecule has 2 fully saturated rings. The van der Waals surface area contributed by atoms with E-state index in [0.29, 0.717) is 6.10 Å². The summed E-state index contributed by atoms with van der Waals surface area (Å²) < 4.78 is 5.69. The second-order valence-corrected chi connectivity index (χ2v) is 5.51. The van der Waals surface area contributed by atoms with Crippen molar-refractivity contribution < 1.29 is 4.74 Å². The van der Waals surface area contributed by atoms with Crippen molar-refractivity contribution in [2.45, 2.75) is 64.4 Å². The van der Waals surface area contributed by atoms with Crippen molar-refractivity contribution in [2.24, 2.45) is 17.8 Å². The summed E-state index contributed by atoms with van der Waals surface area (Å²) in [5.41, 5.74) is 0. The minimum atomic E-state index is 0.586. The highest BCUT2D eigenvalue weighted by Gasteiger charge is 2.39. The summed E-state index contributed by atoms with van der Waals surface area (Å²) in [6, 6.07) is 0. The zero-order chi connectivity index (χ0) is 10.7. The third-order valence-corrected chi connectivity index (χ3v) is 4.74. The highest BCUT2D eigenvalue weighted by molar-refractivity contribution is 4.90. The molecular formula is C14H26O. The normalized spacial score (nSPS) is 41.2. The third-order valence-electron chi connectivity index (χ3n) is 4.74. The smallest absolute Gasteiger partial charge is 0.0602 e. The van der Waals surface area contributed by atoms with Gasteiger partial charge in [-0.15, -0.1) is 0 Å². The van der Waals surface area contributed by atoms with E-state index in [2.05, 4.69) is 6.92 Å². The van der Waals surface area contributed by atoms with Crippen LogP contribution in [0.15, 0.2) is 0 Å². The first kappa shape index (κ1) is 11.4. The molecule has 0 aromatic heterocycles. The first-order valence-corrected chi connectivity index (χ1v) is 6.89. The number of fused-ring (bicyclic) bond motifs is 1. The van der Waals surface area contributed by atoms with Gasteiger partial charge in [0, 0.05) is 7.11 Å². The minimum absolute atomic E-state index is 0.586.